The number of phenolic OH excluding ortho intramolecular Hbond substituents is 1. The van der Waals surface area contributed by atoms with Gasteiger partial charge in [-0.05, 0) is 58.9 Å². The molecule has 0 spiro atoms. The second-order valence-corrected chi connectivity index (χ2v) is 11.3. The van der Waals surface area contributed by atoms with E-state index in [1.165, 1.54) is 0 Å². The van der Waals surface area contributed by atoms with Crippen LogP contribution in [-0.2, 0) is 22.0 Å². The Hall–Kier alpha value is -2.89. The van der Waals surface area contributed by atoms with Gasteiger partial charge in [0.05, 0.1) is 6.04 Å². The van der Waals surface area contributed by atoms with Crippen molar-refractivity contribution >= 4 is 11.6 Å². The lowest BCUT2D eigenvalue weighted by atomic mass is 9.78. The lowest BCUT2D eigenvalue weighted by Gasteiger charge is -2.28. The summed E-state index contributed by atoms with van der Waals surface area (Å²) in [5, 5.41) is 19.7. The fourth-order valence-corrected chi connectivity index (χ4v) is 4.80. The molecule has 0 radical (unpaired) electrons. The molecule has 176 valence electrons. The number of amides is 1. The molecule has 1 aromatic carbocycles. The molecule has 0 saturated carbocycles. The van der Waals surface area contributed by atoms with E-state index in [0.29, 0.717) is 18.6 Å². The molecule has 1 N–H and O–H groups in total. The summed E-state index contributed by atoms with van der Waals surface area (Å²) >= 11 is 0. The number of fused-ring (bicyclic) bond motifs is 1. The third-order valence-corrected chi connectivity index (χ3v) is 6.62. The number of aryl methyl sites for hydroxylation is 1. The van der Waals surface area contributed by atoms with Crippen molar-refractivity contribution in [2.75, 3.05) is 6.54 Å². The summed E-state index contributed by atoms with van der Waals surface area (Å²) < 4.78 is 1.99. The van der Waals surface area contributed by atoms with E-state index in [1.54, 1.807) is 0 Å². The molecule has 1 saturated heterocycles. The van der Waals surface area contributed by atoms with Gasteiger partial charge in [-0.25, -0.2) is 0 Å². The fourth-order valence-electron chi connectivity index (χ4n) is 4.80. The van der Waals surface area contributed by atoms with Crippen molar-refractivity contribution in [3.8, 4) is 5.75 Å². The zero-order valence-corrected chi connectivity index (χ0v) is 20.7. The highest BCUT2D eigenvalue weighted by Crippen LogP contribution is 2.40. The first-order chi connectivity index (χ1) is 15.5. The van der Waals surface area contributed by atoms with Gasteiger partial charge in [-0.15, -0.1) is 10.2 Å². The number of hydrogen-bond acceptors (Lipinski definition) is 4. The molecule has 6 nitrogen and oxygen atoms in total. The molecule has 1 unspecified atom stereocenters. The zero-order chi connectivity index (χ0) is 24.0. The van der Waals surface area contributed by atoms with Crippen molar-refractivity contribution in [3.63, 3.8) is 0 Å². The number of likely N-dealkylation sites (tertiary alicyclic amines) is 1. The molecule has 1 aliphatic heterocycles. The maximum absolute atomic E-state index is 13.3. The Balaban J connectivity index is 1.56. The SMILES string of the molecule is CC(C)(C)c1cc(CCC(=O)N2CCCC2c2nnc3ccccn23)cc(C(C)(C)C)c1O. The van der Waals surface area contributed by atoms with Crippen LogP contribution >= 0.6 is 0 Å². The molecule has 4 rings (SSSR count). The molecule has 1 aliphatic rings. The molecule has 33 heavy (non-hydrogen) atoms. The predicted octanol–water partition coefficient (Wildman–Crippen LogP) is 5.33. The predicted molar refractivity (Wildman–Crippen MR) is 131 cm³/mol. The van der Waals surface area contributed by atoms with Crippen LogP contribution in [0.15, 0.2) is 36.5 Å². The average Bonchev–Trinajstić information content (AvgIpc) is 3.37. The second kappa shape index (κ2) is 8.47. The molecular formula is C27H36N4O2. The second-order valence-electron chi connectivity index (χ2n) is 11.3. The Kier molecular flexibility index (Phi) is 5.97. The molecule has 1 fully saturated rings. The molecule has 1 amide bonds. The van der Waals surface area contributed by atoms with E-state index < -0.39 is 0 Å². The van der Waals surface area contributed by atoms with Gasteiger partial charge in [-0.2, -0.15) is 0 Å². The summed E-state index contributed by atoms with van der Waals surface area (Å²) in [7, 11) is 0. The number of aromatic hydroxyl groups is 1. The summed E-state index contributed by atoms with van der Waals surface area (Å²) in [4.78, 5) is 15.3. The van der Waals surface area contributed by atoms with Crippen molar-refractivity contribution in [3.05, 3.63) is 59.0 Å². The van der Waals surface area contributed by atoms with Crippen molar-refractivity contribution in [2.24, 2.45) is 0 Å². The van der Waals surface area contributed by atoms with E-state index in [2.05, 4.69) is 63.9 Å². The van der Waals surface area contributed by atoms with Gasteiger partial charge in [-0.1, -0.05) is 59.7 Å². The molecule has 2 aromatic heterocycles. The number of carbonyl (C=O) groups excluding carboxylic acids is 1. The average molecular weight is 449 g/mol. The van der Waals surface area contributed by atoms with Crippen LogP contribution in [0.1, 0.15) is 89.4 Å². The first-order valence-electron chi connectivity index (χ1n) is 11.9. The van der Waals surface area contributed by atoms with Gasteiger partial charge >= 0.3 is 0 Å². The van der Waals surface area contributed by atoms with Crippen LogP contribution in [0, 0.1) is 0 Å². The number of pyridine rings is 1. The van der Waals surface area contributed by atoms with Crippen LogP contribution in [0.5, 0.6) is 5.75 Å². The number of rotatable bonds is 4. The molecule has 3 aromatic rings. The number of aromatic nitrogens is 3. The molecule has 0 bridgehead atoms. The highest BCUT2D eigenvalue weighted by molar-refractivity contribution is 5.77. The summed E-state index contributed by atoms with van der Waals surface area (Å²) in [6.07, 6.45) is 4.92. The van der Waals surface area contributed by atoms with Crippen LogP contribution in [0.2, 0.25) is 0 Å². The number of nitrogens with zero attached hydrogens (tertiary/aromatic N) is 4. The Morgan fingerprint density at radius 3 is 2.36 bits per heavy atom. The smallest absolute Gasteiger partial charge is 0.223 e. The minimum Gasteiger partial charge on any atom is -0.507 e. The minimum absolute atomic E-state index is 0.0370. The minimum atomic E-state index is -0.182. The van der Waals surface area contributed by atoms with Gasteiger partial charge in [0.2, 0.25) is 5.91 Å². The van der Waals surface area contributed by atoms with Crippen LogP contribution in [0.3, 0.4) is 0 Å². The normalized spacial score (nSPS) is 17.2. The van der Waals surface area contributed by atoms with Gasteiger partial charge < -0.3 is 10.0 Å². The maximum atomic E-state index is 13.3. The fraction of sp³-hybridized carbons (Fsp3) is 0.519. The Morgan fingerprint density at radius 2 is 1.73 bits per heavy atom. The van der Waals surface area contributed by atoms with E-state index in [4.69, 9.17) is 0 Å². The van der Waals surface area contributed by atoms with E-state index in [-0.39, 0.29) is 22.8 Å². The molecule has 0 aliphatic carbocycles. The van der Waals surface area contributed by atoms with Gasteiger partial charge in [0.25, 0.3) is 0 Å². The van der Waals surface area contributed by atoms with E-state index >= 15 is 0 Å². The summed E-state index contributed by atoms with van der Waals surface area (Å²) in [5.41, 5.74) is 3.41. The zero-order valence-electron chi connectivity index (χ0n) is 20.7. The van der Waals surface area contributed by atoms with E-state index in [1.807, 2.05) is 33.7 Å². The van der Waals surface area contributed by atoms with Gasteiger partial charge in [0.15, 0.2) is 11.5 Å². The highest BCUT2D eigenvalue weighted by Gasteiger charge is 2.33. The van der Waals surface area contributed by atoms with Crippen LogP contribution in [-0.4, -0.2) is 37.1 Å². The van der Waals surface area contributed by atoms with Crippen molar-refractivity contribution in [2.45, 2.75) is 84.1 Å². The first kappa shape index (κ1) is 23.3. The molecule has 6 heteroatoms. The lowest BCUT2D eigenvalue weighted by Crippen LogP contribution is -2.31. The summed E-state index contributed by atoms with van der Waals surface area (Å²) in [5.74, 6) is 1.36. The Morgan fingerprint density at radius 1 is 1.06 bits per heavy atom. The summed E-state index contributed by atoms with van der Waals surface area (Å²) in [6, 6.07) is 9.95. The number of benzene rings is 1. The number of hydrogen-bond donors (Lipinski definition) is 1. The van der Waals surface area contributed by atoms with Gasteiger partial charge in [0.1, 0.15) is 5.75 Å². The molecule has 3 heterocycles. The number of carbonyl (C=O) groups is 1. The van der Waals surface area contributed by atoms with Crippen LogP contribution in [0.4, 0.5) is 0 Å². The number of phenols is 1. The highest BCUT2D eigenvalue weighted by atomic mass is 16.3. The summed E-state index contributed by atoms with van der Waals surface area (Å²) in [6.45, 7) is 13.4. The molecular weight excluding hydrogens is 412 g/mol. The van der Waals surface area contributed by atoms with Gasteiger partial charge in [-0.3, -0.25) is 9.20 Å². The van der Waals surface area contributed by atoms with Crippen LogP contribution in [0.25, 0.3) is 5.65 Å². The van der Waals surface area contributed by atoms with Crippen LogP contribution < -0.4 is 0 Å². The van der Waals surface area contributed by atoms with Crippen molar-refractivity contribution < 1.29 is 9.90 Å². The Bertz CT molecular complexity index is 1130. The van der Waals surface area contributed by atoms with E-state index in [0.717, 1.165) is 47.5 Å². The topological polar surface area (TPSA) is 70.7 Å². The standard InChI is InChI=1S/C27H36N4O2/c1-26(2,3)19-16-18(17-20(24(19)33)27(4,5)6)12-13-23(32)30-15-9-10-21(30)25-29-28-22-11-7-8-14-31(22)25/h7-8,11,14,16-17,21,33H,9-10,12-13,15H2,1-6H3. The third-order valence-electron chi connectivity index (χ3n) is 6.62. The maximum Gasteiger partial charge on any atom is 0.223 e. The van der Waals surface area contributed by atoms with Crippen molar-refractivity contribution in [1.82, 2.24) is 19.5 Å². The lowest BCUT2D eigenvalue weighted by molar-refractivity contribution is -0.132. The molecule has 1 atom stereocenters. The monoisotopic (exact) mass is 448 g/mol. The quantitative estimate of drug-likeness (QED) is 0.586. The largest absolute Gasteiger partial charge is 0.507 e. The van der Waals surface area contributed by atoms with E-state index in [9.17, 15) is 9.90 Å². The first-order valence-corrected chi connectivity index (χ1v) is 11.9. The third kappa shape index (κ3) is 4.61. The van der Waals surface area contributed by atoms with Gasteiger partial charge in [0, 0.05) is 19.2 Å². The van der Waals surface area contributed by atoms with Crippen molar-refractivity contribution in [1.29, 1.82) is 0 Å². The Labute approximate surface area is 196 Å².